The monoisotopic (exact) mass is 311 g/mol. The molecule has 1 saturated heterocycles. The lowest BCUT2D eigenvalue weighted by Gasteiger charge is -2.47. The Kier molecular flexibility index (Phi) is 2.96. The molecule has 23 heavy (non-hydrogen) atoms. The molecular formula is C17H14FN3O2. The minimum Gasteiger partial charge on any atom is -0.381 e. The number of nitrogens with zero attached hydrogens (tertiary/aromatic N) is 3. The molecule has 5 nitrogen and oxygen atoms in total. The van der Waals surface area contributed by atoms with Crippen LogP contribution in [0.5, 0.6) is 0 Å². The predicted molar refractivity (Wildman–Crippen MR) is 84.0 cm³/mol. The van der Waals surface area contributed by atoms with E-state index in [9.17, 15) is 14.3 Å². The van der Waals surface area contributed by atoms with Gasteiger partial charge in [0.1, 0.15) is 22.9 Å². The second-order valence-electron chi connectivity index (χ2n) is 5.78. The molecule has 1 aromatic carbocycles. The van der Waals surface area contributed by atoms with Gasteiger partial charge in [0.25, 0.3) is 5.56 Å². The van der Waals surface area contributed by atoms with E-state index in [0.29, 0.717) is 30.1 Å². The number of benzene rings is 1. The minimum atomic E-state index is -1.04. The highest BCUT2D eigenvalue weighted by atomic mass is 19.1. The van der Waals surface area contributed by atoms with Crippen LogP contribution in [-0.4, -0.2) is 27.6 Å². The molecule has 0 atom stereocenters. The van der Waals surface area contributed by atoms with Crippen molar-refractivity contribution >= 4 is 11.5 Å². The fourth-order valence-electron chi connectivity index (χ4n) is 2.89. The van der Waals surface area contributed by atoms with Crippen molar-refractivity contribution in [2.45, 2.75) is 5.60 Å². The first-order valence-electron chi connectivity index (χ1n) is 7.27. The summed E-state index contributed by atoms with van der Waals surface area (Å²) in [5, 5.41) is 10.6. The van der Waals surface area contributed by atoms with Crippen LogP contribution in [0.3, 0.4) is 0 Å². The maximum Gasteiger partial charge on any atom is 0.259 e. The van der Waals surface area contributed by atoms with Gasteiger partial charge in [-0.25, -0.2) is 9.37 Å². The molecule has 1 fully saturated rings. The van der Waals surface area contributed by atoms with E-state index in [4.69, 9.17) is 0 Å². The highest BCUT2D eigenvalue weighted by Crippen LogP contribution is 2.34. The fraction of sp³-hybridized carbons (Fsp3) is 0.176. The number of hydrogen-bond donors (Lipinski definition) is 1. The molecule has 3 heterocycles. The first-order chi connectivity index (χ1) is 11.0. The Morgan fingerprint density at radius 1 is 1.13 bits per heavy atom. The van der Waals surface area contributed by atoms with Gasteiger partial charge in [-0.1, -0.05) is 18.2 Å². The number of fused-ring (bicyclic) bond motifs is 1. The molecule has 1 N–H and O–H groups in total. The average molecular weight is 311 g/mol. The molecule has 1 aliphatic rings. The molecule has 6 heteroatoms. The first kappa shape index (κ1) is 13.9. The van der Waals surface area contributed by atoms with Crippen molar-refractivity contribution in [1.82, 2.24) is 9.38 Å². The number of rotatable bonds is 2. The van der Waals surface area contributed by atoms with E-state index in [1.165, 1.54) is 22.6 Å². The maximum absolute atomic E-state index is 13.0. The second-order valence-corrected chi connectivity index (χ2v) is 5.78. The van der Waals surface area contributed by atoms with Gasteiger partial charge < -0.3 is 10.0 Å². The summed E-state index contributed by atoms with van der Waals surface area (Å²) in [6, 6.07) is 12.6. The van der Waals surface area contributed by atoms with Crippen LogP contribution in [0.15, 0.2) is 59.5 Å². The van der Waals surface area contributed by atoms with Crippen LogP contribution in [0.4, 0.5) is 10.2 Å². The number of aromatic nitrogens is 2. The molecule has 2 aromatic heterocycles. The summed E-state index contributed by atoms with van der Waals surface area (Å²) in [6.45, 7) is 0.627. The van der Waals surface area contributed by atoms with E-state index in [2.05, 4.69) is 4.98 Å². The van der Waals surface area contributed by atoms with Gasteiger partial charge in [0.05, 0.1) is 13.1 Å². The van der Waals surface area contributed by atoms with E-state index in [0.717, 1.165) is 0 Å². The third kappa shape index (κ3) is 2.27. The Morgan fingerprint density at radius 3 is 2.61 bits per heavy atom. The number of pyridine rings is 1. The van der Waals surface area contributed by atoms with Crippen LogP contribution < -0.4 is 10.5 Å². The van der Waals surface area contributed by atoms with Crippen LogP contribution in [0, 0.1) is 5.82 Å². The molecule has 0 spiro atoms. The lowest BCUT2D eigenvalue weighted by atomic mass is 9.86. The highest BCUT2D eigenvalue weighted by Gasteiger charge is 2.43. The zero-order chi connectivity index (χ0) is 16.0. The summed E-state index contributed by atoms with van der Waals surface area (Å²) in [5.41, 5.74) is 0.0136. The zero-order valence-corrected chi connectivity index (χ0v) is 12.2. The fourth-order valence-corrected chi connectivity index (χ4v) is 2.89. The first-order valence-corrected chi connectivity index (χ1v) is 7.27. The standard InChI is InChI=1S/C17H14FN3O2/c18-13-6-4-12(5-7-13)17(23)10-20(11-17)15-9-16(22)21-8-2-1-3-14(21)19-15/h1-9,23H,10-11H2. The van der Waals surface area contributed by atoms with Gasteiger partial charge in [0.15, 0.2) is 0 Å². The van der Waals surface area contributed by atoms with Crippen molar-refractivity contribution in [3.63, 3.8) is 0 Å². The average Bonchev–Trinajstić information content (AvgIpc) is 2.52. The third-order valence-electron chi connectivity index (χ3n) is 4.17. The smallest absolute Gasteiger partial charge is 0.259 e. The Labute approximate surface area is 131 Å². The van der Waals surface area contributed by atoms with Gasteiger partial charge in [-0.3, -0.25) is 9.20 Å². The minimum absolute atomic E-state index is 0.164. The number of hydrogen-bond acceptors (Lipinski definition) is 4. The van der Waals surface area contributed by atoms with Gasteiger partial charge in [0, 0.05) is 12.3 Å². The lowest BCUT2D eigenvalue weighted by molar-refractivity contribution is 0.00701. The Hall–Kier alpha value is -2.73. The molecule has 1 aliphatic heterocycles. The van der Waals surface area contributed by atoms with Crippen molar-refractivity contribution in [3.8, 4) is 0 Å². The summed E-state index contributed by atoms with van der Waals surface area (Å²) in [7, 11) is 0. The van der Waals surface area contributed by atoms with Gasteiger partial charge in [-0.2, -0.15) is 0 Å². The Morgan fingerprint density at radius 2 is 1.87 bits per heavy atom. The molecule has 0 amide bonds. The number of anilines is 1. The molecule has 0 bridgehead atoms. The van der Waals surface area contributed by atoms with Crippen LogP contribution in [0.1, 0.15) is 5.56 Å². The second kappa shape index (κ2) is 4.89. The number of halogens is 1. The van der Waals surface area contributed by atoms with Crippen molar-refractivity contribution < 1.29 is 9.50 Å². The van der Waals surface area contributed by atoms with Crippen molar-refractivity contribution in [2.75, 3.05) is 18.0 Å². The summed E-state index contributed by atoms with van der Waals surface area (Å²) < 4.78 is 14.5. The molecular weight excluding hydrogens is 297 g/mol. The normalized spacial score (nSPS) is 16.3. The molecule has 3 aromatic rings. The SMILES string of the molecule is O=c1cc(N2CC(O)(c3ccc(F)cc3)C2)nc2ccccn12. The van der Waals surface area contributed by atoms with E-state index in [1.54, 1.807) is 30.5 Å². The van der Waals surface area contributed by atoms with Gasteiger partial charge in [-0.05, 0) is 29.8 Å². The molecule has 4 rings (SSSR count). The summed E-state index contributed by atoms with van der Waals surface area (Å²) in [6.07, 6.45) is 1.67. The largest absolute Gasteiger partial charge is 0.381 e. The molecule has 0 aliphatic carbocycles. The van der Waals surface area contributed by atoms with Gasteiger partial charge >= 0.3 is 0 Å². The van der Waals surface area contributed by atoms with E-state index in [-0.39, 0.29) is 11.4 Å². The molecule has 0 saturated carbocycles. The molecule has 0 unspecified atom stereocenters. The molecule has 0 radical (unpaired) electrons. The van der Waals surface area contributed by atoms with Crippen molar-refractivity contribution in [2.24, 2.45) is 0 Å². The van der Waals surface area contributed by atoms with Crippen molar-refractivity contribution in [1.29, 1.82) is 0 Å². The lowest BCUT2D eigenvalue weighted by Crippen LogP contribution is -2.60. The maximum atomic E-state index is 13.0. The summed E-state index contributed by atoms with van der Waals surface area (Å²) in [5.74, 6) is 0.200. The summed E-state index contributed by atoms with van der Waals surface area (Å²) >= 11 is 0. The number of β-amino-alcohol motifs (C(OH)–C–C–N with tert-alkyl or cyclic N) is 1. The van der Waals surface area contributed by atoms with Crippen LogP contribution in [0.2, 0.25) is 0 Å². The van der Waals surface area contributed by atoms with E-state index >= 15 is 0 Å². The van der Waals surface area contributed by atoms with Crippen LogP contribution in [0.25, 0.3) is 5.65 Å². The summed E-state index contributed by atoms with van der Waals surface area (Å²) in [4.78, 5) is 18.4. The third-order valence-corrected chi connectivity index (χ3v) is 4.17. The quantitative estimate of drug-likeness (QED) is 0.780. The Balaban J connectivity index is 1.62. The van der Waals surface area contributed by atoms with E-state index in [1.807, 2.05) is 11.0 Å². The van der Waals surface area contributed by atoms with Crippen LogP contribution >= 0.6 is 0 Å². The topological polar surface area (TPSA) is 57.8 Å². The van der Waals surface area contributed by atoms with Gasteiger partial charge in [-0.15, -0.1) is 0 Å². The number of aliphatic hydroxyl groups is 1. The van der Waals surface area contributed by atoms with E-state index < -0.39 is 5.60 Å². The Bertz CT molecular complexity index is 930. The highest BCUT2D eigenvalue weighted by molar-refractivity contribution is 5.52. The van der Waals surface area contributed by atoms with Crippen molar-refractivity contribution in [3.05, 3.63) is 76.5 Å². The van der Waals surface area contributed by atoms with Crippen LogP contribution in [-0.2, 0) is 5.60 Å². The zero-order valence-electron chi connectivity index (χ0n) is 12.2. The molecule has 116 valence electrons. The van der Waals surface area contributed by atoms with Gasteiger partial charge in [0.2, 0.25) is 0 Å². The predicted octanol–water partition coefficient (Wildman–Crippen LogP) is 1.54.